The lowest BCUT2D eigenvalue weighted by molar-refractivity contribution is 0.103. The second kappa shape index (κ2) is 6.42. The molecule has 1 atom stereocenters. The van der Waals surface area contributed by atoms with E-state index in [-0.39, 0.29) is 0 Å². The summed E-state index contributed by atoms with van der Waals surface area (Å²) in [5, 5.41) is 0. The van der Waals surface area contributed by atoms with Crippen LogP contribution in [-0.2, 0) is 4.74 Å². The first-order valence-corrected chi connectivity index (χ1v) is 5.90. The van der Waals surface area contributed by atoms with E-state index in [4.69, 9.17) is 4.74 Å². The second-order valence-electron chi connectivity index (χ2n) is 4.50. The van der Waals surface area contributed by atoms with Gasteiger partial charge in [-0.1, -0.05) is 39.0 Å². The van der Waals surface area contributed by atoms with Crippen molar-refractivity contribution < 1.29 is 4.74 Å². The minimum Gasteiger partial charge on any atom is -0.381 e. The van der Waals surface area contributed by atoms with Gasteiger partial charge in [-0.05, 0) is 25.2 Å². The molecule has 0 bridgehead atoms. The van der Waals surface area contributed by atoms with Crippen molar-refractivity contribution >= 4 is 0 Å². The van der Waals surface area contributed by atoms with Crippen LogP contribution in [0.4, 0.5) is 0 Å². The molecule has 1 rings (SSSR count). The number of ether oxygens (including phenoxy) is 1. The van der Waals surface area contributed by atoms with Gasteiger partial charge in [0.15, 0.2) is 0 Å². The van der Waals surface area contributed by atoms with Gasteiger partial charge in [0.1, 0.15) is 0 Å². The molecule has 78 valence electrons. The van der Waals surface area contributed by atoms with E-state index in [0.29, 0.717) is 0 Å². The first kappa shape index (κ1) is 11.0. The molecule has 0 spiro atoms. The summed E-state index contributed by atoms with van der Waals surface area (Å²) >= 11 is 0. The van der Waals surface area contributed by atoms with Gasteiger partial charge >= 0.3 is 0 Å². The Morgan fingerprint density at radius 1 is 1.23 bits per heavy atom. The molecule has 0 saturated heterocycles. The van der Waals surface area contributed by atoms with Gasteiger partial charge in [0, 0.05) is 13.2 Å². The van der Waals surface area contributed by atoms with Crippen LogP contribution in [0, 0.1) is 11.8 Å². The van der Waals surface area contributed by atoms with Gasteiger partial charge in [-0.2, -0.15) is 0 Å². The molecule has 0 heterocycles. The molecule has 0 amide bonds. The highest BCUT2D eigenvalue weighted by molar-refractivity contribution is 4.68. The molecule has 1 heteroatoms. The van der Waals surface area contributed by atoms with Crippen molar-refractivity contribution in [3.05, 3.63) is 0 Å². The van der Waals surface area contributed by atoms with Crippen molar-refractivity contribution in [2.75, 3.05) is 13.2 Å². The monoisotopic (exact) mass is 184 g/mol. The van der Waals surface area contributed by atoms with E-state index in [1.807, 2.05) is 0 Å². The number of rotatable bonds is 5. The Morgan fingerprint density at radius 3 is 2.54 bits per heavy atom. The molecule has 1 aliphatic rings. The van der Waals surface area contributed by atoms with Crippen molar-refractivity contribution in [1.82, 2.24) is 0 Å². The predicted molar refractivity (Wildman–Crippen MR) is 56.8 cm³/mol. The third-order valence-corrected chi connectivity index (χ3v) is 3.07. The normalized spacial score (nSPS) is 21.7. The Hall–Kier alpha value is -0.0400. The summed E-state index contributed by atoms with van der Waals surface area (Å²) in [5.41, 5.74) is 0. The van der Waals surface area contributed by atoms with E-state index in [0.717, 1.165) is 25.0 Å². The van der Waals surface area contributed by atoms with Crippen molar-refractivity contribution in [3.8, 4) is 0 Å². The number of hydrogen-bond acceptors (Lipinski definition) is 1. The van der Waals surface area contributed by atoms with Crippen molar-refractivity contribution in [2.24, 2.45) is 11.8 Å². The van der Waals surface area contributed by atoms with Crippen LogP contribution < -0.4 is 0 Å². The van der Waals surface area contributed by atoms with E-state index in [2.05, 4.69) is 13.8 Å². The van der Waals surface area contributed by atoms with Crippen LogP contribution in [0.3, 0.4) is 0 Å². The van der Waals surface area contributed by atoms with Crippen molar-refractivity contribution in [2.45, 2.75) is 52.4 Å². The summed E-state index contributed by atoms with van der Waals surface area (Å²) in [7, 11) is 0. The third-order valence-electron chi connectivity index (χ3n) is 3.07. The fraction of sp³-hybridized carbons (Fsp3) is 1.00. The lowest BCUT2D eigenvalue weighted by Crippen LogP contribution is -2.14. The molecular formula is C12H24O. The highest BCUT2D eigenvalue weighted by Crippen LogP contribution is 2.28. The summed E-state index contributed by atoms with van der Waals surface area (Å²) in [6.07, 6.45) is 8.72. The first-order chi connectivity index (χ1) is 6.33. The highest BCUT2D eigenvalue weighted by Gasteiger charge is 2.16. The smallest absolute Gasteiger partial charge is 0.0491 e. The second-order valence-corrected chi connectivity index (χ2v) is 4.50. The van der Waals surface area contributed by atoms with Crippen LogP contribution >= 0.6 is 0 Å². The molecule has 1 aliphatic carbocycles. The standard InChI is InChI=1S/C12H24O/c1-3-13-10-11(2)9-12-7-5-4-6-8-12/h11-12H,3-10H2,1-2H3/t11-/m1/s1. The van der Waals surface area contributed by atoms with E-state index in [1.54, 1.807) is 0 Å². The summed E-state index contributed by atoms with van der Waals surface area (Å²) in [4.78, 5) is 0. The van der Waals surface area contributed by atoms with Crippen LogP contribution in [0.5, 0.6) is 0 Å². The Balaban J connectivity index is 2.07. The van der Waals surface area contributed by atoms with Crippen LogP contribution in [0.25, 0.3) is 0 Å². The average molecular weight is 184 g/mol. The fourth-order valence-electron chi connectivity index (χ4n) is 2.38. The van der Waals surface area contributed by atoms with E-state index in [9.17, 15) is 0 Å². The quantitative estimate of drug-likeness (QED) is 0.634. The molecule has 0 N–H and O–H groups in total. The summed E-state index contributed by atoms with van der Waals surface area (Å²) in [6.45, 7) is 6.24. The van der Waals surface area contributed by atoms with E-state index in [1.165, 1.54) is 38.5 Å². The minimum absolute atomic E-state index is 0.767. The zero-order chi connectivity index (χ0) is 9.52. The van der Waals surface area contributed by atoms with Crippen LogP contribution in [-0.4, -0.2) is 13.2 Å². The molecule has 0 aromatic carbocycles. The summed E-state index contributed by atoms with van der Waals surface area (Å²) in [6, 6.07) is 0. The summed E-state index contributed by atoms with van der Waals surface area (Å²) in [5.74, 6) is 1.77. The van der Waals surface area contributed by atoms with E-state index >= 15 is 0 Å². The molecule has 1 fully saturated rings. The third kappa shape index (κ3) is 4.66. The molecule has 13 heavy (non-hydrogen) atoms. The van der Waals surface area contributed by atoms with Crippen LogP contribution in [0.1, 0.15) is 52.4 Å². The zero-order valence-corrected chi connectivity index (χ0v) is 9.22. The van der Waals surface area contributed by atoms with Crippen LogP contribution in [0.2, 0.25) is 0 Å². The van der Waals surface area contributed by atoms with Gasteiger partial charge in [-0.3, -0.25) is 0 Å². The SMILES string of the molecule is CCOC[C@H](C)CC1CCCCC1. The Labute approximate surface area is 82.9 Å². The number of hydrogen-bond donors (Lipinski definition) is 0. The Morgan fingerprint density at radius 2 is 1.92 bits per heavy atom. The van der Waals surface area contributed by atoms with Gasteiger partial charge in [-0.15, -0.1) is 0 Å². The van der Waals surface area contributed by atoms with Gasteiger partial charge in [0.05, 0.1) is 0 Å². The van der Waals surface area contributed by atoms with Crippen LogP contribution in [0.15, 0.2) is 0 Å². The zero-order valence-electron chi connectivity index (χ0n) is 9.22. The maximum atomic E-state index is 5.44. The maximum Gasteiger partial charge on any atom is 0.0491 e. The fourth-order valence-corrected chi connectivity index (χ4v) is 2.38. The first-order valence-electron chi connectivity index (χ1n) is 5.90. The molecule has 0 unspecified atom stereocenters. The predicted octanol–water partition coefficient (Wildman–Crippen LogP) is 3.63. The largest absolute Gasteiger partial charge is 0.381 e. The molecule has 1 nitrogen and oxygen atoms in total. The van der Waals surface area contributed by atoms with Crippen molar-refractivity contribution in [1.29, 1.82) is 0 Å². The average Bonchev–Trinajstić information content (AvgIpc) is 2.16. The van der Waals surface area contributed by atoms with Gasteiger partial charge in [0.2, 0.25) is 0 Å². The maximum absolute atomic E-state index is 5.44. The van der Waals surface area contributed by atoms with Crippen molar-refractivity contribution in [3.63, 3.8) is 0 Å². The highest BCUT2D eigenvalue weighted by atomic mass is 16.5. The molecular weight excluding hydrogens is 160 g/mol. The molecule has 1 saturated carbocycles. The van der Waals surface area contributed by atoms with Gasteiger partial charge in [0.25, 0.3) is 0 Å². The Bertz CT molecular complexity index is 116. The molecule has 0 aromatic heterocycles. The molecule has 0 radical (unpaired) electrons. The van der Waals surface area contributed by atoms with E-state index < -0.39 is 0 Å². The lowest BCUT2D eigenvalue weighted by atomic mass is 9.83. The lowest BCUT2D eigenvalue weighted by Gasteiger charge is -2.24. The molecule has 0 aromatic rings. The van der Waals surface area contributed by atoms with Gasteiger partial charge < -0.3 is 4.74 Å². The summed E-state index contributed by atoms with van der Waals surface area (Å²) < 4.78 is 5.44. The molecule has 0 aliphatic heterocycles. The minimum atomic E-state index is 0.767. The topological polar surface area (TPSA) is 9.23 Å². The van der Waals surface area contributed by atoms with Gasteiger partial charge in [-0.25, -0.2) is 0 Å². The Kier molecular flexibility index (Phi) is 5.45.